The molecule has 1 fully saturated rings. The minimum absolute atomic E-state index is 0.0276. The molecule has 0 unspecified atom stereocenters. The van der Waals surface area contributed by atoms with Crippen LogP contribution in [0.3, 0.4) is 0 Å². The van der Waals surface area contributed by atoms with Crippen molar-refractivity contribution in [3.8, 4) is 0 Å². The monoisotopic (exact) mass is 443 g/mol. The fourth-order valence-electron chi connectivity index (χ4n) is 3.71. The van der Waals surface area contributed by atoms with E-state index in [1.165, 1.54) is 12.1 Å². The molecule has 10 heteroatoms. The first kappa shape index (κ1) is 21.2. The maximum atomic E-state index is 12.1. The Balaban J connectivity index is 1.38. The number of benzene rings is 1. The highest BCUT2D eigenvalue weighted by Gasteiger charge is 2.39. The zero-order valence-electron chi connectivity index (χ0n) is 16.8. The third kappa shape index (κ3) is 4.36. The number of anilines is 1. The normalized spacial score (nSPS) is 17.3. The fourth-order valence-corrected chi connectivity index (χ4v) is 4.44. The van der Waals surface area contributed by atoms with Crippen molar-refractivity contribution in [3.05, 3.63) is 62.5 Å². The third-order valence-electron chi connectivity index (χ3n) is 5.30. The molecule has 0 radical (unpaired) electrons. The van der Waals surface area contributed by atoms with E-state index < -0.39 is 10.7 Å². The average Bonchev–Trinajstić information content (AvgIpc) is 3.47. The Morgan fingerprint density at radius 1 is 1.32 bits per heavy atom. The van der Waals surface area contributed by atoms with Crippen molar-refractivity contribution < 1.29 is 24.0 Å². The maximum absolute atomic E-state index is 12.1. The van der Waals surface area contributed by atoms with Crippen LogP contribution in [0.25, 0.3) is 6.08 Å². The lowest BCUT2D eigenvalue weighted by Gasteiger charge is -2.28. The van der Waals surface area contributed by atoms with Gasteiger partial charge in [-0.05, 0) is 29.8 Å². The van der Waals surface area contributed by atoms with E-state index >= 15 is 0 Å². The van der Waals surface area contributed by atoms with Gasteiger partial charge in [0, 0.05) is 48.3 Å². The Kier molecular flexibility index (Phi) is 5.86. The van der Waals surface area contributed by atoms with Crippen LogP contribution >= 0.6 is 11.3 Å². The van der Waals surface area contributed by atoms with Crippen LogP contribution in [0.15, 0.2) is 36.4 Å². The number of hydrogen-bond donors (Lipinski definition) is 1. The Labute approximate surface area is 182 Å². The van der Waals surface area contributed by atoms with Crippen molar-refractivity contribution in [2.45, 2.75) is 18.6 Å². The Hall–Kier alpha value is -3.08. The SMILES string of the molecule is CN1C(=O)Cc2cc(C3(CCNC(=O)/C=C/c4ccc([N+](=O)[O-])s4)OCCO3)ccc21. The summed E-state index contributed by atoms with van der Waals surface area (Å²) in [7, 11) is 1.75. The van der Waals surface area contributed by atoms with E-state index in [-0.39, 0.29) is 16.8 Å². The van der Waals surface area contributed by atoms with Crippen LogP contribution in [0.2, 0.25) is 0 Å². The Morgan fingerprint density at radius 2 is 2.10 bits per heavy atom. The Bertz CT molecular complexity index is 1060. The molecule has 2 aliphatic heterocycles. The quantitative estimate of drug-likeness (QED) is 0.400. The first-order valence-electron chi connectivity index (χ1n) is 9.76. The lowest BCUT2D eigenvalue weighted by molar-refractivity contribution is -0.380. The number of amides is 2. The summed E-state index contributed by atoms with van der Waals surface area (Å²) < 4.78 is 11.8. The number of hydrogen-bond acceptors (Lipinski definition) is 7. The van der Waals surface area contributed by atoms with E-state index in [4.69, 9.17) is 9.47 Å². The summed E-state index contributed by atoms with van der Waals surface area (Å²) >= 11 is 1.00. The average molecular weight is 443 g/mol. The molecule has 0 saturated carbocycles. The standard InChI is InChI=1S/C21H21N3O6S/c1-23-17-5-2-15(12-14(17)13-19(23)26)21(29-10-11-30-21)8-9-22-18(25)6-3-16-4-7-20(31-16)24(27)28/h2-7,12H,8-11,13H2,1H3,(H,22,25)/b6-3+. The maximum Gasteiger partial charge on any atom is 0.324 e. The highest BCUT2D eigenvalue weighted by Crippen LogP contribution is 2.38. The zero-order valence-corrected chi connectivity index (χ0v) is 17.6. The van der Waals surface area contributed by atoms with Gasteiger partial charge in [-0.15, -0.1) is 0 Å². The van der Waals surface area contributed by atoms with Crippen molar-refractivity contribution in [1.82, 2.24) is 5.32 Å². The highest BCUT2D eigenvalue weighted by atomic mass is 32.1. The van der Waals surface area contributed by atoms with E-state index in [1.54, 1.807) is 24.1 Å². The number of carbonyl (C=O) groups is 2. The molecule has 0 bridgehead atoms. The molecule has 3 heterocycles. The van der Waals surface area contributed by atoms with Crippen molar-refractivity contribution in [3.63, 3.8) is 0 Å². The van der Waals surface area contributed by atoms with Crippen molar-refractivity contribution in [2.75, 3.05) is 31.7 Å². The molecule has 1 saturated heterocycles. The number of likely N-dealkylation sites (N-methyl/N-ethyl adjacent to an activating group) is 1. The number of fused-ring (bicyclic) bond motifs is 1. The molecular weight excluding hydrogens is 422 g/mol. The van der Waals surface area contributed by atoms with Gasteiger partial charge in [0.15, 0.2) is 5.79 Å². The summed E-state index contributed by atoms with van der Waals surface area (Å²) in [4.78, 5) is 36.6. The third-order valence-corrected chi connectivity index (χ3v) is 6.30. The van der Waals surface area contributed by atoms with Gasteiger partial charge in [0.05, 0.1) is 24.6 Å². The molecule has 0 atom stereocenters. The van der Waals surface area contributed by atoms with Crippen LogP contribution in [0, 0.1) is 10.1 Å². The van der Waals surface area contributed by atoms with Crippen LogP contribution in [0.5, 0.6) is 0 Å². The fraction of sp³-hybridized carbons (Fsp3) is 0.333. The number of rotatable bonds is 7. The van der Waals surface area contributed by atoms with Crippen molar-refractivity contribution >= 4 is 39.9 Å². The van der Waals surface area contributed by atoms with E-state index in [0.29, 0.717) is 37.5 Å². The van der Waals surface area contributed by atoms with E-state index in [0.717, 1.165) is 28.2 Å². The molecule has 162 valence electrons. The van der Waals surface area contributed by atoms with Crippen molar-refractivity contribution in [2.24, 2.45) is 0 Å². The van der Waals surface area contributed by atoms with Gasteiger partial charge >= 0.3 is 5.00 Å². The molecule has 2 aliphatic rings. The minimum atomic E-state index is -0.968. The Morgan fingerprint density at radius 3 is 2.81 bits per heavy atom. The number of ether oxygens (including phenoxy) is 2. The van der Waals surface area contributed by atoms with Gasteiger partial charge in [0.25, 0.3) is 0 Å². The summed E-state index contributed by atoms with van der Waals surface area (Å²) in [5, 5.41) is 13.6. The molecule has 31 heavy (non-hydrogen) atoms. The van der Waals surface area contributed by atoms with Gasteiger partial charge < -0.3 is 19.7 Å². The van der Waals surface area contributed by atoms with E-state index in [9.17, 15) is 19.7 Å². The van der Waals surface area contributed by atoms with Gasteiger partial charge in [0.1, 0.15) is 0 Å². The molecular formula is C21H21N3O6S. The number of nitrogens with one attached hydrogen (secondary N) is 1. The number of nitrogens with zero attached hydrogens (tertiary/aromatic N) is 2. The van der Waals surface area contributed by atoms with Crippen molar-refractivity contribution in [1.29, 1.82) is 0 Å². The lowest BCUT2D eigenvalue weighted by atomic mass is 9.98. The molecule has 0 aliphatic carbocycles. The predicted octanol–water partition coefficient (Wildman–Crippen LogP) is 2.59. The molecule has 2 amide bonds. The molecule has 4 rings (SSSR count). The van der Waals surface area contributed by atoms with Crippen LogP contribution in [-0.2, 0) is 31.3 Å². The van der Waals surface area contributed by atoms with Crippen LogP contribution in [-0.4, -0.2) is 43.5 Å². The van der Waals surface area contributed by atoms with Crippen LogP contribution in [0.1, 0.15) is 22.4 Å². The molecule has 1 aromatic carbocycles. The minimum Gasteiger partial charge on any atom is -0.352 e. The summed E-state index contributed by atoms with van der Waals surface area (Å²) in [6.45, 7) is 1.20. The van der Waals surface area contributed by atoms with Gasteiger partial charge in [-0.25, -0.2) is 0 Å². The summed E-state index contributed by atoms with van der Waals surface area (Å²) in [5.74, 6) is -1.24. The van der Waals surface area contributed by atoms with Gasteiger partial charge in [0.2, 0.25) is 11.8 Å². The molecule has 2 aromatic rings. The molecule has 1 aromatic heterocycles. The zero-order chi connectivity index (χ0) is 22.0. The lowest BCUT2D eigenvalue weighted by Crippen LogP contribution is -2.33. The second kappa shape index (κ2) is 8.58. The second-order valence-electron chi connectivity index (χ2n) is 7.23. The van der Waals surface area contributed by atoms with Gasteiger partial charge in [-0.2, -0.15) is 0 Å². The summed E-state index contributed by atoms with van der Waals surface area (Å²) in [6.07, 6.45) is 3.63. The first-order valence-corrected chi connectivity index (χ1v) is 10.6. The topological polar surface area (TPSA) is 111 Å². The highest BCUT2D eigenvalue weighted by molar-refractivity contribution is 7.16. The van der Waals surface area contributed by atoms with Crippen LogP contribution in [0.4, 0.5) is 10.7 Å². The number of thiophene rings is 1. The molecule has 0 spiro atoms. The number of carbonyl (C=O) groups excluding carboxylic acids is 2. The molecule has 9 nitrogen and oxygen atoms in total. The number of nitro groups is 1. The largest absolute Gasteiger partial charge is 0.352 e. The van der Waals surface area contributed by atoms with Crippen LogP contribution < -0.4 is 10.2 Å². The summed E-state index contributed by atoms with van der Waals surface area (Å²) in [6, 6.07) is 8.72. The smallest absolute Gasteiger partial charge is 0.324 e. The van der Waals surface area contributed by atoms with Gasteiger partial charge in [-0.1, -0.05) is 17.4 Å². The van der Waals surface area contributed by atoms with E-state index in [2.05, 4.69) is 5.32 Å². The second-order valence-corrected chi connectivity index (χ2v) is 8.32. The van der Waals surface area contributed by atoms with E-state index in [1.807, 2.05) is 18.2 Å². The molecule has 1 N–H and O–H groups in total. The predicted molar refractivity (Wildman–Crippen MR) is 115 cm³/mol. The van der Waals surface area contributed by atoms with Gasteiger partial charge in [-0.3, -0.25) is 19.7 Å². The summed E-state index contributed by atoms with van der Waals surface area (Å²) in [5.41, 5.74) is 2.64. The first-order chi connectivity index (χ1) is 14.9.